The molecule has 2 aromatic rings. The lowest BCUT2D eigenvalue weighted by atomic mass is 10.0. The first-order valence-electron chi connectivity index (χ1n) is 10.6. The molecule has 0 spiro atoms. The minimum atomic E-state index is -5.08. The van der Waals surface area contributed by atoms with Crippen molar-refractivity contribution in [1.29, 1.82) is 0 Å². The maximum atomic E-state index is 14.8. The second-order valence-electron chi connectivity index (χ2n) is 7.84. The van der Waals surface area contributed by atoms with Crippen LogP contribution in [0, 0.1) is 11.6 Å². The van der Waals surface area contributed by atoms with Crippen molar-refractivity contribution in [3.63, 3.8) is 0 Å². The van der Waals surface area contributed by atoms with Crippen LogP contribution in [0.15, 0.2) is 36.4 Å². The van der Waals surface area contributed by atoms with E-state index in [9.17, 15) is 31.5 Å². The van der Waals surface area contributed by atoms with Crippen molar-refractivity contribution in [3.05, 3.63) is 48.0 Å². The molecule has 200 valence electrons. The summed E-state index contributed by atoms with van der Waals surface area (Å²) in [6.45, 7) is 0.758. The second kappa shape index (κ2) is 11.0. The van der Waals surface area contributed by atoms with Crippen LogP contribution in [-0.2, 0) is 14.3 Å². The third-order valence-corrected chi connectivity index (χ3v) is 5.34. The highest BCUT2D eigenvalue weighted by atomic mass is 19.4. The molecule has 0 radical (unpaired) electrons. The van der Waals surface area contributed by atoms with Gasteiger partial charge in [0.2, 0.25) is 0 Å². The van der Waals surface area contributed by atoms with Crippen molar-refractivity contribution in [2.45, 2.75) is 18.4 Å². The Bertz CT molecular complexity index is 1120. The predicted molar refractivity (Wildman–Crippen MR) is 119 cm³/mol. The van der Waals surface area contributed by atoms with Crippen molar-refractivity contribution in [3.8, 4) is 11.1 Å². The second-order valence-corrected chi connectivity index (χ2v) is 7.84. The van der Waals surface area contributed by atoms with Crippen LogP contribution >= 0.6 is 0 Å². The third kappa shape index (κ3) is 6.24. The number of ether oxygens (including phenoxy) is 2. The van der Waals surface area contributed by atoms with E-state index >= 15 is 0 Å². The van der Waals surface area contributed by atoms with Gasteiger partial charge < -0.3 is 26.0 Å². The highest BCUT2D eigenvalue weighted by Gasteiger charge is 2.38. The molecule has 15 heteroatoms. The van der Waals surface area contributed by atoms with Gasteiger partial charge in [-0.2, -0.15) is 13.2 Å². The van der Waals surface area contributed by atoms with E-state index in [1.54, 1.807) is 0 Å². The number of amides is 2. The molecule has 10 nitrogen and oxygen atoms in total. The Morgan fingerprint density at radius 2 is 1.22 bits per heavy atom. The number of nitrogens with zero attached hydrogens (tertiary/aromatic N) is 2. The molecule has 0 aliphatic carbocycles. The van der Waals surface area contributed by atoms with Crippen molar-refractivity contribution < 1.29 is 50.9 Å². The first kappa shape index (κ1) is 27.6. The van der Waals surface area contributed by atoms with E-state index in [0.29, 0.717) is 11.4 Å². The number of aliphatic carboxylic acids is 1. The normalized spacial score (nSPS) is 19.3. The van der Waals surface area contributed by atoms with Gasteiger partial charge in [-0.3, -0.25) is 9.80 Å². The standard InChI is InChI=1S/C20H20F2N4O4.C2HF3O2/c21-17-5-11(25-9-13(7-23)29-19(25)27)1-3-15(17)16-4-2-12(6-18(16)22)26-10-14(8-24)30-20(26)28;3-2(4,5)1(6)7/h1-6,13-14H,7-10,23-24H2;(H,6,7)/t13-,14-;/m0./s1. The monoisotopic (exact) mass is 532 g/mol. The van der Waals surface area contributed by atoms with Crippen molar-refractivity contribution in [2.75, 3.05) is 36.0 Å². The number of carboxylic acid groups (broad SMARTS) is 1. The molecule has 0 aromatic heterocycles. The molecule has 2 aliphatic heterocycles. The number of carbonyl (C=O) groups is 3. The van der Waals surface area contributed by atoms with Gasteiger partial charge in [0.15, 0.2) is 0 Å². The van der Waals surface area contributed by atoms with Crippen LogP contribution in [0.4, 0.5) is 42.9 Å². The number of benzene rings is 2. The van der Waals surface area contributed by atoms with Crippen molar-refractivity contribution >= 4 is 29.5 Å². The summed E-state index contributed by atoms with van der Waals surface area (Å²) in [6.07, 6.45) is -7.22. The topological polar surface area (TPSA) is 148 Å². The molecule has 2 heterocycles. The number of rotatable bonds is 5. The van der Waals surface area contributed by atoms with Crippen molar-refractivity contribution in [1.82, 2.24) is 0 Å². The molecule has 0 saturated carbocycles. The summed E-state index contributed by atoms with van der Waals surface area (Å²) in [6, 6.07) is 8.09. The zero-order chi connectivity index (χ0) is 27.5. The molecular weight excluding hydrogens is 511 g/mol. The number of hydrogen-bond donors (Lipinski definition) is 3. The van der Waals surface area contributed by atoms with Crippen molar-refractivity contribution in [2.24, 2.45) is 11.5 Å². The van der Waals surface area contributed by atoms with Gasteiger partial charge in [-0.05, 0) is 36.4 Å². The van der Waals surface area contributed by atoms with Crippen LogP contribution in [0.25, 0.3) is 11.1 Å². The summed E-state index contributed by atoms with van der Waals surface area (Å²) in [5, 5.41) is 7.12. The fourth-order valence-corrected chi connectivity index (χ4v) is 3.49. The molecule has 0 bridgehead atoms. The average Bonchev–Trinajstić information content (AvgIpc) is 3.41. The summed E-state index contributed by atoms with van der Waals surface area (Å²) in [5.41, 5.74) is 11.6. The SMILES string of the molecule is NC[C@H]1CN(c2ccc(-c3ccc(N4C[C@H](CN)OC4=O)cc3F)c(F)c2)C(=O)O1.O=C(O)C(F)(F)F. The highest BCUT2D eigenvalue weighted by molar-refractivity contribution is 5.91. The minimum Gasteiger partial charge on any atom is -0.475 e. The van der Waals surface area contributed by atoms with E-state index in [0.717, 1.165) is 12.1 Å². The fourth-order valence-electron chi connectivity index (χ4n) is 3.49. The van der Waals surface area contributed by atoms with E-state index in [4.69, 9.17) is 30.8 Å². The van der Waals surface area contributed by atoms with Crippen LogP contribution < -0.4 is 21.3 Å². The summed E-state index contributed by atoms with van der Waals surface area (Å²) >= 11 is 0. The van der Waals surface area contributed by atoms with E-state index in [2.05, 4.69) is 0 Å². The van der Waals surface area contributed by atoms with Gasteiger partial charge >= 0.3 is 24.3 Å². The Labute approximate surface area is 206 Å². The first-order chi connectivity index (χ1) is 17.3. The number of alkyl halides is 3. The summed E-state index contributed by atoms with van der Waals surface area (Å²) in [7, 11) is 0. The maximum Gasteiger partial charge on any atom is 0.490 e. The number of anilines is 2. The van der Waals surface area contributed by atoms with E-state index < -0.39 is 48.2 Å². The number of carbonyl (C=O) groups excluding carboxylic acids is 2. The number of cyclic esters (lactones) is 2. The van der Waals surface area contributed by atoms with E-state index in [1.807, 2.05) is 0 Å². The van der Waals surface area contributed by atoms with Gasteiger partial charge in [-0.15, -0.1) is 0 Å². The van der Waals surface area contributed by atoms with Gasteiger partial charge in [-0.1, -0.05) is 0 Å². The van der Waals surface area contributed by atoms with Crippen LogP contribution in [0.5, 0.6) is 0 Å². The molecule has 2 atom stereocenters. The molecular formula is C22H21F5N4O6. The fraction of sp³-hybridized carbons (Fsp3) is 0.318. The lowest BCUT2D eigenvalue weighted by Gasteiger charge is -2.16. The van der Waals surface area contributed by atoms with Gasteiger partial charge in [0, 0.05) is 24.2 Å². The molecule has 2 aromatic carbocycles. The third-order valence-electron chi connectivity index (χ3n) is 5.34. The lowest BCUT2D eigenvalue weighted by molar-refractivity contribution is -0.192. The summed E-state index contributed by atoms with van der Waals surface area (Å²) in [4.78, 5) is 35.3. The Kier molecular flexibility index (Phi) is 8.18. The van der Waals surface area contributed by atoms with E-state index in [-0.39, 0.29) is 37.3 Å². The maximum absolute atomic E-state index is 14.8. The lowest BCUT2D eigenvalue weighted by Crippen LogP contribution is -2.27. The summed E-state index contributed by atoms with van der Waals surface area (Å²) in [5.74, 6) is -4.16. The van der Waals surface area contributed by atoms with Gasteiger partial charge in [0.25, 0.3) is 0 Å². The van der Waals surface area contributed by atoms with Gasteiger partial charge in [0.1, 0.15) is 23.8 Å². The number of hydrogen-bond acceptors (Lipinski definition) is 7. The minimum absolute atomic E-state index is 0.0228. The number of nitrogens with two attached hydrogens (primary N) is 2. The van der Waals surface area contributed by atoms with Gasteiger partial charge in [0.05, 0.1) is 24.5 Å². The molecule has 0 unspecified atom stereocenters. The highest BCUT2D eigenvalue weighted by Crippen LogP contribution is 2.33. The van der Waals surface area contributed by atoms with Crippen LogP contribution in [0.3, 0.4) is 0 Å². The predicted octanol–water partition coefficient (Wildman–Crippen LogP) is 2.83. The first-order valence-corrected chi connectivity index (χ1v) is 10.6. The zero-order valence-corrected chi connectivity index (χ0v) is 18.9. The van der Waals surface area contributed by atoms with E-state index in [1.165, 1.54) is 34.1 Å². The molecule has 4 rings (SSSR count). The largest absolute Gasteiger partial charge is 0.490 e. The Morgan fingerprint density at radius 3 is 1.46 bits per heavy atom. The number of halogens is 5. The average molecular weight is 532 g/mol. The van der Waals surface area contributed by atoms with Crippen LogP contribution in [-0.4, -0.2) is 67.8 Å². The zero-order valence-electron chi connectivity index (χ0n) is 18.9. The molecule has 37 heavy (non-hydrogen) atoms. The Hall–Kier alpha value is -3.98. The van der Waals surface area contributed by atoms with Crippen LogP contribution in [0.2, 0.25) is 0 Å². The molecule has 2 amide bonds. The Morgan fingerprint density at radius 1 is 0.865 bits per heavy atom. The number of carboxylic acids is 1. The smallest absolute Gasteiger partial charge is 0.475 e. The van der Waals surface area contributed by atoms with Crippen LogP contribution in [0.1, 0.15) is 0 Å². The molecule has 2 aliphatic rings. The summed E-state index contributed by atoms with van der Waals surface area (Å²) < 4.78 is 71.4. The molecule has 2 fully saturated rings. The molecule has 2 saturated heterocycles. The van der Waals surface area contributed by atoms with Gasteiger partial charge in [-0.25, -0.2) is 23.2 Å². The quantitative estimate of drug-likeness (QED) is 0.498. The molecule has 5 N–H and O–H groups in total. The Balaban J connectivity index is 0.000000479.